The Morgan fingerprint density at radius 3 is 2.48 bits per heavy atom. The molecule has 0 aliphatic carbocycles. The molecule has 2 N–H and O–H groups in total. The summed E-state index contributed by atoms with van der Waals surface area (Å²) >= 11 is 5.88. The lowest BCUT2D eigenvalue weighted by Crippen LogP contribution is -2.30. The number of amides is 1. The number of methoxy groups -OCH3 is 1. The lowest BCUT2D eigenvalue weighted by Gasteiger charge is -2.18. The van der Waals surface area contributed by atoms with E-state index < -0.39 is 23.7 Å². The molecule has 160 valence electrons. The largest absolute Gasteiger partial charge is 0.494 e. The number of hydrogen-bond acceptors (Lipinski definition) is 4. The number of aryl methyl sites for hydroxylation is 1. The minimum absolute atomic E-state index is 0.0544. The topological polar surface area (TPSA) is 88.5 Å². The molecule has 2 aromatic carbocycles. The number of hydrogen-bond donors (Lipinski definition) is 2. The maximum atomic E-state index is 13.5. The molecule has 0 saturated heterocycles. The van der Waals surface area contributed by atoms with Gasteiger partial charge in [-0.05, 0) is 42.8 Å². The summed E-state index contributed by atoms with van der Waals surface area (Å²) in [6.45, 7) is 1.92. The normalized spacial score (nSPS) is 11.6. The number of carbonyl (C=O) groups is 2. The van der Waals surface area contributed by atoms with Crippen LogP contribution in [0.5, 0.6) is 5.75 Å². The highest BCUT2D eigenvalue weighted by atomic mass is 35.5. The van der Waals surface area contributed by atoms with E-state index in [0.717, 1.165) is 5.56 Å². The Labute approximate surface area is 183 Å². The van der Waals surface area contributed by atoms with Crippen LogP contribution in [0.4, 0.5) is 4.39 Å². The number of carboxylic acid groups (broad SMARTS) is 1. The van der Waals surface area contributed by atoms with Crippen molar-refractivity contribution in [3.05, 3.63) is 82.3 Å². The predicted molar refractivity (Wildman–Crippen MR) is 115 cm³/mol. The average molecular weight is 443 g/mol. The summed E-state index contributed by atoms with van der Waals surface area (Å²) in [6, 6.07) is 13.6. The number of ether oxygens (including phenoxy) is 1. The Bertz CT molecular complexity index is 1120. The van der Waals surface area contributed by atoms with E-state index in [4.69, 9.17) is 16.3 Å². The number of carboxylic acids is 1. The molecule has 3 aromatic rings. The van der Waals surface area contributed by atoms with E-state index in [-0.39, 0.29) is 17.1 Å². The second-order valence-electron chi connectivity index (χ2n) is 6.91. The van der Waals surface area contributed by atoms with Crippen LogP contribution in [0.2, 0.25) is 5.02 Å². The first-order valence-electron chi connectivity index (χ1n) is 9.38. The minimum Gasteiger partial charge on any atom is -0.494 e. The van der Waals surface area contributed by atoms with Crippen molar-refractivity contribution in [2.45, 2.75) is 19.4 Å². The van der Waals surface area contributed by atoms with Gasteiger partial charge in [0, 0.05) is 5.56 Å². The van der Waals surface area contributed by atoms with Crippen LogP contribution in [-0.4, -0.2) is 29.1 Å². The number of carbonyl (C=O) groups excluding carboxylic acids is 1. The molecule has 3 rings (SSSR count). The molecule has 1 aromatic heterocycles. The highest BCUT2D eigenvalue weighted by Crippen LogP contribution is 2.31. The van der Waals surface area contributed by atoms with Crippen LogP contribution < -0.4 is 10.1 Å². The number of halogens is 2. The first-order chi connectivity index (χ1) is 14.8. The molecule has 0 bridgehead atoms. The molecule has 0 saturated carbocycles. The highest BCUT2D eigenvalue weighted by Gasteiger charge is 2.21. The first kappa shape index (κ1) is 22.2. The molecule has 1 amide bonds. The quantitative estimate of drug-likeness (QED) is 0.548. The molecule has 1 unspecified atom stereocenters. The van der Waals surface area contributed by atoms with Crippen molar-refractivity contribution < 1.29 is 23.8 Å². The standard InChI is InChI=1S/C23H20ClFN2O4/c1-13-3-5-14(6-4-13)19(12-21(28)29)27-23(30)18-9-10-20(31-2)22(26-18)15-7-8-17(25)16(24)11-15/h3-11,19H,12H2,1-2H3,(H,27,30)(H,28,29). The number of aromatic nitrogens is 1. The Balaban J connectivity index is 1.93. The minimum atomic E-state index is -1.05. The van der Waals surface area contributed by atoms with Crippen molar-refractivity contribution in [3.8, 4) is 17.0 Å². The van der Waals surface area contributed by atoms with Gasteiger partial charge < -0.3 is 15.2 Å². The fourth-order valence-electron chi connectivity index (χ4n) is 3.05. The van der Waals surface area contributed by atoms with E-state index >= 15 is 0 Å². The Kier molecular flexibility index (Phi) is 6.87. The monoisotopic (exact) mass is 442 g/mol. The Morgan fingerprint density at radius 2 is 1.87 bits per heavy atom. The molecule has 0 aliphatic rings. The van der Waals surface area contributed by atoms with Gasteiger partial charge in [-0.3, -0.25) is 9.59 Å². The smallest absolute Gasteiger partial charge is 0.305 e. The maximum absolute atomic E-state index is 13.5. The van der Waals surface area contributed by atoms with Crippen molar-refractivity contribution in [1.29, 1.82) is 0 Å². The molecule has 0 aliphatic heterocycles. The Morgan fingerprint density at radius 1 is 1.16 bits per heavy atom. The van der Waals surface area contributed by atoms with E-state index in [1.165, 1.54) is 31.4 Å². The second kappa shape index (κ2) is 9.57. The van der Waals surface area contributed by atoms with Crippen molar-refractivity contribution in [2.24, 2.45) is 0 Å². The number of nitrogens with zero attached hydrogens (tertiary/aromatic N) is 1. The lowest BCUT2D eigenvalue weighted by atomic mass is 10.0. The molecular formula is C23H20ClFN2O4. The fraction of sp³-hybridized carbons (Fsp3) is 0.174. The second-order valence-corrected chi connectivity index (χ2v) is 7.32. The molecule has 31 heavy (non-hydrogen) atoms. The summed E-state index contributed by atoms with van der Waals surface area (Å²) in [6.07, 6.45) is -0.286. The number of nitrogens with one attached hydrogen (secondary N) is 1. The van der Waals surface area contributed by atoms with Gasteiger partial charge in [0.05, 0.1) is 24.6 Å². The van der Waals surface area contributed by atoms with Crippen molar-refractivity contribution in [1.82, 2.24) is 10.3 Å². The van der Waals surface area contributed by atoms with Gasteiger partial charge in [0.2, 0.25) is 0 Å². The van der Waals surface area contributed by atoms with Gasteiger partial charge in [-0.2, -0.15) is 0 Å². The van der Waals surface area contributed by atoms with E-state index in [1.807, 2.05) is 19.1 Å². The summed E-state index contributed by atoms with van der Waals surface area (Å²) < 4.78 is 18.9. The zero-order valence-corrected chi connectivity index (χ0v) is 17.6. The van der Waals surface area contributed by atoms with Gasteiger partial charge >= 0.3 is 5.97 Å². The van der Waals surface area contributed by atoms with Crippen molar-refractivity contribution >= 4 is 23.5 Å². The molecule has 0 spiro atoms. The zero-order valence-electron chi connectivity index (χ0n) is 16.9. The van der Waals surface area contributed by atoms with E-state index in [2.05, 4.69) is 10.3 Å². The highest BCUT2D eigenvalue weighted by molar-refractivity contribution is 6.31. The van der Waals surface area contributed by atoms with Gasteiger partial charge in [-0.1, -0.05) is 41.4 Å². The molecule has 6 nitrogen and oxygen atoms in total. The van der Waals surface area contributed by atoms with Crippen LogP contribution in [0.25, 0.3) is 11.3 Å². The SMILES string of the molecule is COc1ccc(C(=O)NC(CC(=O)O)c2ccc(C)cc2)nc1-c1ccc(F)c(Cl)c1. The summed E-state index contributed by atoms with van der Waals surface area (Å²) in [5.74, 6) is -1.80. The molecule has 0 radical (unpaired) electrons. The third kappa shape index (κ3) is 5.38. The van der Waals surface area contributed by atoms with Crippen molar-refractivity contribution in [2.75, 3.05) is 7.11 Å². The number of aliphatic carboxylic acids is 1. The molecule has 1 heterocycles. The van der Waals surface area contributed by atoms with Crippen LogP contribution in [0, 0.1) is 12.7 Å². The van der Waals surface area contributed by atoms with E-state index in [1.54, 1.807) is 18.2 Å². The summed E-state index contributed by atoms with van der Waals surface area (Å²) in [5.41, 5.74) is 2.52. The molecule has 0 fully saturated rings. The fourth-order valence-corrected chi connectivity index (χ4v) is 3.23. The Hall–Kier alpha value is -3.45. The molecule has 8 heteroatoms. The van der Waals surface area contributed by atoms with Crippen LogP contribution in [0.1, 0.15) is 34.1 Å². The van der Waals surface area contributed by atoms with Gasteiger partial charge in [-0.15, -0.1) is 0 Å². The summed E-state index contributed by atoms with van der Waals surface area (Å²) in [7, 11) is 1.45. The van der Waals surface area contributed by atoms with Gasteiger partial charge in [-0.25, -0.2) is 9.37 Å². The summed E-state index contributed by atoms with van der Waals surface area (Å²) in [4.78, 5) is 28.6. The molecular weight excluding hydrogens is 423 g/mol. The van der Waals surface area contributed by atoms with Crippen LogP contribution >= 0.6 is 11.6 Å². The number of pyridine rings is 1. The van der Waals surface area contributed by atoms with E-state index in [0.29, 0.717) is 22.6 Å². The molecule has 1 atom stereocenters. The first-order valence-corrected chi connectivity index (χ1v) is 9.76. The maximum Gasteiger partial charge on any atom is 0.305 e. The number of benzene rings is 2. The van der Waals surface area contributed by atoms with E-state index in [9.17, 15) is 19.1 Å². The average Bonchev–Trinajstić information content (AvgIpc) is 2.75. The third-order valence-electron chi connectivity index (χ3n) is 4.67. The van der Waals surface area contributed by atoms with Crippen molar-refractivity contribution in [3.63, 3.8) is 0 Å². The van der Waals surface area contributed by atoms with Crippen LogP contribution in [0.3, 0.4) is 0 Å². The van der Waals surface area contributed by atoms with Gasteiger partial charge in [0.15, 0.2) is 0 Å². The van der Waals surface area contributed by atoms with Crippen LogP contribution in [-0.2, 0) is 4.79 Å². The predicted octanol–water partition coefficient (Wildman–Crippen LogP) is 4.80. The number of rotatable bonds is 7. The lowest BCUT2D eigenvalue weighted by molar-refractivity contribution is -0.137. The third-order valence-corrected chi connectivity index (χ3v) is 4.96. The van der Waals surface area contributed by atoms with Gasteiger partial charge in [0.25, 0.3) is 5.91 Å². The summed E-state index contributed by atoms with van der Waals surface area (Å²) in [5, 5.41) is 11.9. The van der Waals surface area contributed by atoms with Gasteiger partial charge in [0.1, 0.15) is 23.0 Å². The van der Waals surface area contributed by atoms with Crippen LogP contribution in [0.15, 0.2) is 54.6 Å². The zero-order chi connectivity index (χ0) is 22.5.